The van der Waals surface area contributed by atoms with Crippen molar-refractivity contribution >= 4 is 11.6 Å². The van der Waals surface area contributed by atoms with Crippen molar-refractivity contribution in [2.45, 2.75) is 13.5 Å². The molecule has 0 fully saturated rings. The molecule has 0 unspecified atom stereocenters. The van der Waals surface area contributed by atoms with Gasteiger partial charge in [0.05, 0.1) is 17.9 Å². The van der Waals surface area contributed by atoms with Crippen molar-refractivity contribution < 1.29 is 4.79 Å². The first-order valence-electron chi connectivity index (χ1n) is 7.88. The summed E-state index contributed by atoms with van der Waals surface area (Å²) in [5.41, 5.74) is 4.08. The monoisotopic (exact) mass is 320 g/mol. The van der Waals surface area contributed by atoms with E-state index < -0.39 is 0 Å². The van der Waals surface area contributed by atoms with E-state index in [0.29, 0.717) is 6.54 Å². The number of aryl methyl sites for hydroxylation is 1. The molecule has 5 heteroatoms. The SMILES string of the molecule is Cc1ccccc1CNC(=O)CNc1ccccc1-n1cccn1. The van der Waals surface area contributed by atoms with Crippen molar-refractivity contribution in [2.24, 2.45) is 0 Å². The van der Waals surface area contributed by atoms with Gasteiger partial charge in [0.2, 0.25) is 5.91 Å². The van der Waals surface area contributed by atoms with Gasteiger partial charge in [-0.15, -0.1) is 0 Å². The molecule has 0 saturated heterocycles. The smallest absolute Gasteiger partial charge is 0.239 e. The summed E-state index contributed by atoms with van der Waals surface area (Å²) >= 11 is 0. The summed E-state index contributed by atoms with van der Waals surface area (Å²) in [5.74, 6) is -0.0477. The molecule has 1 amide bonds. The number of amides is 1. The Bertz CT molecular complexity index is 812. The summed E-state index contributed by atoms with van der Waals surface area (Å²) < 4.78 is 1.77. The summed E-state index contributed by atoms with van der Waals surface area (Å²) in [4.78, 5) is 12.1. The molecule has 3 aromatic rings. The maximum atomic E-state index is 12.1. The van der Waals surface area contributed by atoms with Crippen LogP contribution in [0.1, 0.15) is 11.1 Å². The minimum atomic E-state index is -0.0477. The van der Waals surface area contributed by atoms with Gasteiger partial charge in [0.25, 0.3) is 0 Å². The Labute approximate surface area is 141 Å². The van der Waals surface area contributed by atoms with Crippen molar-refractivity contribution in [3.63, 3.8) is 0 Å². The third-order valence-corrected chi connectivity index (χ3v) is 3.83. The van der Waals surface area contributed by atoms with E-state index in [4.69, 9.17) is 0 Å². The van der Waals surface area contributed by atoms with Gasteiger partial charge in [0.15, 0.2) is 0 Å². The molecule has 3 rings (SSSR count). The van der Waals surface area contributed by atoms with E-state index in [9.17, 15) is 4.79 Å². The number of benzene rings is 2. The van der Waals surface area contributed by atoms with Gasteiger partial charge in [-0.3, -0.25) is 4.79 Å². The fourth-order valence-electron chi connectivity index (χ4n) is 2.47. The van der Waals surface area contributed by atoms with Gasteiger partial charge < -0.3 is 10.6 Å². The predicted octanol–water partition coefficient (Wildman–Crippen LogP) is 2.91. The molecular formula is C19H20N4O. The molecule has 0 aliphatic heterocycles. The number of carbonyl (C=O) groups excluding carboxylic acids is 1. The molecule has 0 atom stereocenters. The Balaban J connectivity index is 1.58. The number of nitrogens with zero attached hydrogens (tertiary/aromatic N) is 2. The highest BCUT2D eigenvalue weighted by Crippen LogP contribution is 2.18. The van der Waals surface area contributed by atoms with Gasteiger partial charge in [-0.25, -0.2) is 4.68 Å². The van der Waals surface area contributed by atoms with Crippen LogP contribution in [0, 0.1) is 6.92 Å². The van der Waals surface area contributed by atoms with Crippen LogP contribution in [0.15, 0.2) is 67.0 Å². The largest absolute Gasteiger partial charge is 0.374 e. The van der Waals surface area contributed by atoms with Crippen molar-refractivity contribution in [3.8, 4) is 5.69 Å². The average Bonchev–Trinajstić information content (AvgIpc) is 3.14. The minimum Gasteiger partial charge on any atom is -0.374 e. The molecule has 122 valence electrons. The molecule has 2 N–H and O–H groups in total. The summed E-state index contributed by atoms with van der Waals surface area (Å²) in [6, 6.07) is 17.7. The maximum absolute atomic E-state index is 12.1. The first-order valence-corrected chi connectivity index (χ1v) is 7.88. The van der Waals surface area contributed by atoms with Gasteiger partial charge >= 0.3 is 0 Å². The van der Waals surface area contributed by atoms with Crippen LogP contribution < -0.4 is 10.6 Å². The fourth-order valence-corrected chi connectivity index (χ4v) is 2.47. The zero-order valence-corrected chi connectivity index (χ0v) is 13.6. The van der Waals surface area contributed by atoms with Gasteiger partial charge in [0.1, 0.15) is 0 Å². The third-order valence-electron chi connectivity index (χ3n) is 3.83. The van der Waals surface area contributed by atoms with Crippen LogP contribution in [0.2, 0.25) is 0 Å². The fraction of sp³-hybridized carbons (Fsp3) is 0.158. The van der Waals surface area contributed by atoms with Crippen LogP contribution in [0.3, 0.4) is 0 Å². The molecular weight excluding hydrogens is 300 g/mol. The number of para-hydroxylation sites is 2. The quantitative estimate of drug-likeness (QED) is 0.734. The normalized spacial score (nSPS) is 10.4. The van der Waals surface area contributed by atoms with Gasteiger partial charge in [0, 0.05) is 18.9 Å². The van der Waals surface area contributed by atoms with Crippen molar-refractivity contribution in [1.82, 2.24) is 15.1 Å². The third kappa shape index (κ3) is 3.81. The van der Waals surface area contributed by atoms with Crippen molar-refractivity contribution in [1.29, 1.82) is 0 Å². The number of aromatic nitrogens is 2. The molecule has 0 radical (unpaired) electrons. The Morgan fingerprint density at radius 1 is 1.08 bits per heavy atom. The van der Waals surface area contributed by atoms with E-state index >= 15 is 0 Å². The van der Waals surface area contributed by atoms with E-state index in [1.807, 2.05) is 67.7 Å². The molecule has 0 bridgehead atoms. The number of nitrogens with one attached hydrogen (secondary N) is 2. The van der Waals surface area contributed by atoms with Gasteiger partial charge in [-0.2, -0.15) is 5.10 Å². The van der Waals surface area contributed by atoms with Crippen LogP contribution in [0.4, 0.5) is 5.69 Å². The molecule has 1 aromatic heterocycles. The summed E-state index contributed by atoms with van der Waals surface area (Å²) in [6.45, 7) is 2.79. The van der Waals surface area contributed by atoms with Crippen LogP contribution in [-0.2, 0) is 11.3 Å². The zero-order chi connectivity index (χ0) is 16.8. The van der Waals surface area contributed by atoms with Crippen LogP contribution >= 0.6 is 0 Å². The summed E-state index contributed by atoms with van der Waals surface area (Å²) in [6.07, 6.45) is 3.60. The summed E-state index contributed by atoms with van der Waals surface area (Å²) in [5, 5.41) is 10.4. The topological polar surface area (TPSA) is 59.0 Å². The Morgan fingerprint density at radius 2 is 1.88 bits per heavy atom. The molecule has 2 aromatic carbocycles. The van der Waals surface area contributed by atoms with E-state index in [-0.39, 0.29) is 12.5 Å². The first-order chi connectivity index (χ1) is 11.7. The lowest BCUT2D eigenvalue weighted by Gasteiger charge is -2.12. The highest BCUT2D eigenvalue weighted by atomic mass is 16.1. The lowest BCUT2D eigenvalue weighted by molar-refractivity contribution is -0.119. The maximum Gasteiger partial charge on any atom is 0.239 e. The minimum absolute atomic E-state index is 0.0477. The van der Waals surface area contributed by atoms with Crippen LogP contribution in [-0.4, -0.2) is 22.2 Å². The molecule has 24 heavy (non-hydrogen) atoms. The second-order valence-corrected chi connectivity index (χ2v) is 5.52. The molecule has 0 spiro atoms. The zero-order valence-electron chi connectivity index (χ0n) is 13.6. The van der Waals surface area contributed by atoms with Crippen LogP contribution in [0.5, 0.6) is 0 Å². The number of anilines is 1. The Morgan fingerprint density at radius 3 is 2.67 bits per heavy atom. The number of rotatable bonds is 6. The second-order valence-electron chi connectivity index (χ2n) is 5.52. The molecule has 5 nitrogen and oxygen atoms in total. The Hall–Kier alpha value is -3.08. The van der Waals surface area contributed by atoms with E-state index in [0.717, 1.165) is 16.9 Å². The standard InChI is InChI=1S/C19H20N4O/c1-15-7-2-3-8-16(15)13-21-19(24)14-20-17-9-4-5-10-18(17)23-12-6-11-22-23/h2-12,20H,13-14H2,1H3,(H,21,24). The molecule has 0 aliphatic carbocycles. The first kappa shape index (κ1) is 15.8. The molecule has 0 saturated carbocycles. The average molecular weight is 320 g/mol. The second kappa shape index (κ2) is 7.46. The number of hydrogen-bond donors (Lipinski definition) is 2. The molecule has 0 aliphatic rings. The van der Waals surface area contributed by atoms with Crippen molar-refractivity contribution in [2.75, 3.05) is 11.9 Å². The number of carbonyl (C=O) groups is 1. The van der Waals surface area contributed by atoms with Crippen molar-refractivity contribution in [3.05, 3.63) is 78.1 Å². The predicted molar refractivity (Wildman–Crippen MR) is 95.1 cm³/mol. The van der Waals surface area contributed by atoms with E-state index in [1.54, 1.807) is 10.9 Å². The highest BCUT2D eigenvalue weighted by Gasteiger charge is 2.07. The van der Waals surface area contributed by atoms with Crippen LogP contribution in [0.25, 0.3) is 5.69 Å². The highest BCUT2D eigenvalue weighted by molar-refractivity contribution is 5.81. The molecule has 1 heterocycles. The lowest BCUT2D eigenvalue weighted by atomic mass is 10.1. The van der Waals surface area contributed by atoms with Gasteiger partial charge in [-0.1, -0.05) is 36.4 Å². The van der Waals surface area contributed by atoms with Gasteiger partial charge in [-0.05, 0) is 36.2 Å². The lowest BCUT2D eigenvalue weighted by Crippen LogP contribution is -2.29. The summed E-state index contributed by atoms with van der Waals surface area (Å²) in [7, 11) is 0. The number of hydrogen-bond acceptors (Lipinski definition) is 3. The Kier molecular flexibility index (Phi) is 4.91. The van der Waals surface area contributed by atoms with E-state index in [2.05, 4.69) is 15.7 Å². The van der Waals surface area contributed by atoms with E-state index in [1.165, 1.54) is 5.56 Å².